The largest absolute Gasteiger partial charge is 0.444 e. The van der Waals surface area contributed by atoms with Crippen molar-refractivity contribution in [1.82, 2.24) is 5.32 Å². The zero-order chi connectivity index (χ0) is 16.0. The number of hydrogen-bond acceptors (Lipinski definition) is 3. The first-order chi connectivity index (χ1) is 9.73. The van der Waals surface area contributed by atoms with Crippen molar-refractivity contribution >= 4 is 6.09 Å². The fraction of sp³-hybridized carbons (Fsp3) is 0.471. The maximum atomic E-state index is 11.6. The van der Waals surface area contributed by atoms with Crippen LogP contribution >= 0.6 is 0 Å². The summed E-state index contributed by atoms with van der Waals surface area (Å²) in [4.78, 5) is 11.6. The van der Waals surface area contributed by atoms with Gasteiger partial charge in [0.2, 0.25) is 0 Å². The SMILES string of the molecule is C=C[C@@H](C)[C@@H](O)c1ccc(CNC(=O)OC(C)(C)C)cc1. The topological polar surface area (TPSA) is 58.6 Å². The molecule has 1 aromatic carbocycles. The van der Waals surface area contributed by atoms with Crippen molar-refractivity contribution in [3.8, 4) is 0 Å². The number of benzene rings is 1. The lowest BCUT2D eigenvalue weighted by atomic mass is 9.97. The van der Waals surface area contributed by atoms with Gasteiger partial charge in [-0.2, -0.15) is 0 Å². The molecule has 2 atom stereocenters. The number of rotatable bonds is 5. The zero-order valence-electron chi connectivity index (χ0n) is 13.2. The maximum Gasteiger partial charge on any atom is 0.407 e. The summed E-state index contributed by atoms with van der Waals surface area (Å²) in [5, 5.41) is 12.8. The molecule has 4 heteroatoms. The Balaban J connectivity index is 2.55. The predicted octanol–water partition coefficient (Wildman–Crippen LogP) is 3.57. The quantitative estimate of drug-likeness (QED) is 0.815. The van der Waals surface area contributed by atoms with Gasteiger partial charge in [0, 0.05) is 12.5 Å². The Bertz CT molecular complexity index is 474. The highest BCUT2D eigenvalue weighted by Gasteiger charge is 2.16. The third-order valence-corrected chi connectivity index (χ3v) is 3.03. The molecule has 0 aliphatic rings. The number of ether oxygens (including phenoxy) is 1. The highest BCUT2D eigenvalue weighted by atomic mass is 16.6. The van der Waals surface area contributed by atoms with Gasteiger partial charge in [-0.25, -0.2) is 4.79 Å². The number of carbonyl (C=O) groups excluding carboxylic acids is 1. The van der Waals surface area contributed by atoms with Gasteiger partial charge in [-0.3, -0.25) is 0 Å². The van der Waals surface area contributed by atoms with E-state index in [1.807, 2.05) is 52.0 Å². The van der Waals surface area contributed by atoms with Gasteiger partial charge in [-0.1, -0.05) is 37.3 Å². The molecule has 0 radical (unpaired) electrons. The van der Waals surface area contributed by atoms with E-state index in [1.165, 1.54) is 0 Å². The first kappa shape index (κ1) is 17.2. The molecule has 2 N–H and O–H groups in total. The fourth-order valence-electron chi connectivity index (χ4n) is 1.75. The summed E-state index contributed by atoms with van der Waals surface area (Å²) in [6.45, 7) is 11.5. The number of alkyl carbamates (subject to hydrolysis) is 1. The van der Waals surface area contributed by atoms with Crippen molar-refractivity contribution in [2.75, 3.05) is 0 Å². The summed E-state index contributed by atoms with van der Waals surface area (Å²) in [5.74, 6) is -0.00395. The van der Waals surface area contributed by atoms with Crippen LogP contribution in [0.3, 0.4) is 0 Å². The minimum absolute atomic E-state index is 0.00395. The molecule has 0 heterocycles. The van der Waals surface area contributed by atoms with Gasteiger partial charge >= 0.3 is 6.09 Å². The Hall–Kier alpha value is -1.81. The van der Waals surface area contributed by atoms with Crippen LogP contribution in [0.1, 0.15) is 44.9 Å². The summed E-state index contributed by atoms with van der Waals surface area (Å²) in [6.07, 6.45) is 0.727. The molecule has 0 saturated carbocycles. The molecule has 21 heavy (non-hydrogen) atoms. The first-order valence-electron chi connectivity index (χ1n) is 7.09. The molecule has 0 fully saturated rings. The Labute approximate surface area is 126 Å². The summed E-state index contributed by atoms with van der Waals surface area (Å²) in [5.41, 5.74) is 1.28. The van der Waals surface area contributed by atoms with Gasteiger partial charge in [-0.15, -0.1) is 6.58 Å². The minimum Gasteiger partial charge on any atom is -0.444 e. The van der Waals surface area contributed by atoms with Crippen LogP contribution in [0.15, 0.2) is 36.9 Å². The molecule has 0 saturated heterocycles. The molecule has 0 aromatic heterocycles. The Morgan fingerprint density at radius 2 is 1.95 bits per heavy atom. The molecule has 1 amide bonds. The molecule has 4 nitrogen and oxygen atoms in total. The number of carbonyl (C=O) groups is 1. The third-order valence-electron chi connectivity index (χ3n) is 3.03. The van der Waals surface area contributed by atoms with Crippen LogP contribution in [0.5, 0.6) is 0 Å². The monoisotopic (exact) mass is 291 g/mol. The molecule has 0 aliphatic carbocycles. The average molecular weight is 291 g/mol. The van der Waals surface area contributed by atoms with Gasteiger partial charge in [0.15, 0.2) is 0 Å². The van der Waals surface area contributed by atoms with Crippen LogP contribution in [0, 0.1) is 5.92 Å². The number of nitrogens with one attached hydrogen (secondary N) is 1. The molecule has 1 aromatic rings. The van der Waals surface area contributed by atoms with E-state index in [1.54, 1.807) is 6.08 Å². The zero-order valence-corrected chi connectivity index (χ0v) is 13.2. The molecule has 0 aliphatic heterocycles. The number of hydrogen-bond donors (Lipinski definition) is 2. The second kappa shape index (κ2) is 7.27. The molecule has 1 rings (SSSR count). The lowest BCUT2D eigenvalue weighted by molar-refractivity contribution is 0.0523. The van der Waals surface area contributed by atoms with E-state index in [0.717, 1.165) is 11.1 Å². The number of aliphatic hydroxyl groups is 1. The van der Waals surface area contributed by atoms with Crippen molar-refractivity contribution in [3.05, 3.63) is 48.0 Å². The van der Waals surface area contributed by atoms with E-state index in [4.69, 9.17) is 4.74 Å². The van der Waals surface area contributed by atoms with Crippen molar-refractivity contribution in [2.24, 2.45) is 5.92 Å². The van der Waals surface area contributed by atoms with Crippen LogP contribution < -0.4 is 5.32 Å². The van der Waals surface area contributed by atoms with Crippen LogP contribution in [0.25, 0.3) is 0 Å². The van der Waals surface area contributed by atoms with E-state index in [2.05, 4.69) is 11.9 Å². The van der Waals surface area contributed by atoms with Gasteiger partial charge in [0.05, 0.1) is 6.10 Å². The minimum atomic E-state index is -0.560. The first-order valence-corrected chi connectivity index (χ1v) is 7.09. The lowest BCUT2D eigenvalue weighted by Crippen LogP contribution is -2.32. The van der Waals surface area contributed by atoms with E-state index in [9.17, 15) is 9.90 Å². The third kappa shape index (κ3) is 6.00. The van der Waals surface area contributed by atoms with Gasteiger partial charge in [-0.05, 0) is 31.9 Å². The van der Waals surface area contributed by atoms with Gasteiger partial charge in [0.1, 0.15) is 5.60 Å². The molecular weight excluding hydrogens is 266 g/mol. The standard InChI is InChI=1S/C17H25NO3/c1-6-12(2)15(19)14-9-7-13(8-10-14)11-18-16(20)21-17(3,4)5/h6-10,12,15,19H,1,11H2,2-5H3,(H,18,20)/t12-,15-/m1/s1. The smallest absolute Gasteiger partial charge is 0.407 e. The Kier molecular flexibility index (Phi) is 5.97. The fourth-order valence-corrected chi connectivity index (χ4v) is 1.75. The average Bonchev–Trinajstić information content (AvgIpc) is 2.42. The summed E-state index contributed by atoms with van der Waals surface area (Å²) >= 11 is 0. The molecule has 116 valence electrons. The molecular formula is C17H25NO3. The molecule has 0 bridgehead atoms. The van der Waals surface area contributed by atoms with E-state index >= 15 is 0 Å². The lowest BCUT2D eigenvalue weighted by Gasteiger charge is -2.20. The van der Waals surface area contributed by atoms with Crippen LogP contribution in [-0.4, -0.2) is 16.8 Å². The van der Waals surface area contributed by atoms with Gasteiger partial charge < -0.3 is 15.2 Å². The van der Waals surface area contributed by atoms with Crippen molar-refractivity contribution in [1.29, 1.82) is 0 Å². The maximum absolute atomic E-state index is 11.6. The van der Waals surface area contributed by atoms with Crippen molar-refractivity contribution < 1.29 is 14.6 Å². The second-order valence-electron chi connectivity index (χ2n) is 6.14. The highest BCUT2D eigenvalue weighted by Crippen LogP contribution is 2.22. The van der Waals surface area contributed by atoms with Crippen molar-refractivity contribution in [3.63, 3.8) is 0 Å². The van der Waals surface area contributed by atoms with E-state index in [0.29, 0.717) is 6.54 Å². The normalized spacial score (nSPS) is 14.1. The summed E-state index contributed by atoms with van der Waals surface area (Å²) in [6, 6.07) is 7.48. The predicted molar refractivity (Wildman–Crippen MR) is 83.8 cm³/mol. The van der Waals surface area contributed by atoms with Crippen molar-refractivity contribution in [2.45, 2.75) is 45.9 Å². The molecule has 0 spiro atoms. The van der Waals surface area contributed by atoms with Crippen LogP contribution in [-0.2, 0) is 11.3 Å². The Morgan fingerprint density at radius 1 is 1.38 bits per heavy atom. The highest BCUT2D eigenvalue weighted by molar-refractivity contribution is 5.67. The van der Waals surface area contributed by atoms with E-state index in [-0.39, 0.29) is 5.92 Å². The Morgan fingerprint density at radius 3 is 2.43 bits per heavy atom. The summed E-state index contributed by atoms with van der Waals surface area (Å²) in [7, 11) is 0. The van der Waals surface area contributed by atoms with E-state index < -0.39 is 17.8 Å². The molecule has 0 unspecified atom stereocenters. The summed E-state index contributed by atoms with van der Waals surface area (Å²) < 4.78 is 5.17. The van der Waals surface area contributed by atoms with Gasteiger partial charge in [0.25, 0.3) is 0 Å². The van der Waals surface area contributed by atoms with Crippen LogP contribution in [0.4, 0.5) is 4.79 Å². The van der Waals surface area contributed by atoms with Crippen LogP contribution in [0.2, 0.25) is 0 Å². The number of aliphatic hydroxyl groups excluding tert-OH is 1. The second-order valence-corrected chi connectivity index (χ2v) is 6.14. The number of amides is 1.